The molecule has 0 radical (unpaired) electrons. The van der Waals surface area contributed by atoms with Gasteiger partial charge in [-0.05, 0) is 18.2 Å². The zero-order valence-electron chi connectivity index (χ0n) is 13.8. The highest BCUT2D eigenvalue weighted by atomic mass is 16.6. The van der Waals surface area contributed by atoms with E-state index in [1.54, 1.807) is 0 Å². The van der Waals surface area contributed by atoms with Gasteiger partial charge in [0.05, 0.1) is 26.4 Å². The first kappa shape index (κ1) is 15.0. The second kappa shape index (κ2) is 5.21. The molecule has 0 N–H and O–H groups in total. The van der Waals surface area contributed by atoms with Gasteiger partial charge in [-0.3, -0.25) is 4.79 Å². The zero-order valence-corrected chi connectivity index (χ0v) is 13.8. The fourth-order valence-corrected chi connectivity index (χ4v) is 3.68. The molecular formula is C18H23NO4. The van der Waals surface area contributed by atoms with Crippen LogP contribution in [0.5, 0.6) is 5.75 Å². The maximum atomic E-state index is 12.9. The summed E-state index contributed by atoms with van der Waals surface area (Å²) in [6, 6.07) is 5.79. The number of carbonyl (C=O) groups is 1. The van der Waals surface area contributed by atoms with Gasteiger partial charge in [0.2, 0.25) is 0 Å². The van der Waals surface area contributed by atoms with Crippen LogP contribution < -0.4 is 4.74 Å². The molecule has 23 heavy (non-hydrogen) atoms. The average Bonchev–Trinajstić information content (AvgIpc) is 3.11. The molecule has 0 saturated carbocycles. The monoisotopic (exact) mass is 317 g/mol. The maximum absolute atomic E-state index is 12.9. The molecule has 3 aliphatic rings. The van der Waals surface area contributed by atoms with Crippen molar-refractivity contribution in [3.05, 3.63) is 29.3 Å². The summed E-state index contributed by atoms with van der Waals surface area (Å²) in [5.41, 5.74) is 1.51. The van der Waals surface area contributed by atoms with Gasteiger partial charge in [0.15, 0.2) is 0 Å². The molecule has 1 unspecified atom stereocenters. The molecule has 4 rings (SSSR count). The minimum Gasteiger partial charge on any atom is -0.492 e. The number of amides is 1. The number of morpholine rings is 1. The lowest BCUT2D eigenvalue weighted by Gasteiger charge is -2.39. The van der Waals surface area contributed by atoms with Crippen LogP contribution in [0.4, 0.5) is 0 Å². The van der Waals surface area contributed by atoms with E-state index in [1.807, 2.05) is 23.1 Å². The van der Waals surface area contributed by atoms with E-state index >= 15 is 0 Å². The quantitative estimate of drug-likeness (QED) is 0.795. The SMILES string of the molecule is CC1(C)COc2ccc(C(=O)N3CCOC4(CCOC4)C3)cc21. The van der Waals surface area contributed by atoms with Crippen molar-refractivity contribution in [1.29, 1.82) is 0 Å². The molecule has 1 spiro atoms. The Hall–Kier alpha value is -1.59. The molecule has 5 heteroatoms. The van der Waals surface area contributed by atoms with Crippen molar-refractivity contribution in [2.24, 2.45) is 0 Å². The number of rotatable bonds is 1. The Kier molecular flexibility index (Phi) is 3.39. The lowest BCUT2D eigenvalue weighted by Crippen LogP contribution is -2.54. The van der Waals surface area contributed by atoms with Crippen LogP contribution in [0.3, 0.4) is 0 Å². The van der Waals surface area contributed by atoms with Gasteiger partial charge < -0.3 is 19.1 Å². The number of hydrogen-bond donors (Lipinski definition) is 0. The number of carbonyl (C=O) groups excluding carboxylic acids is 1. The van der Waals surface area contributed by atoms with E-state index in [2.05, 4.69) is 13.8 Å². The smallest absolute Gasteiger partial charge is 0.254 e. The third-order valence-electron chi connectivity index (χ3n) is 5.15. The molecular weight excluding hydrogens is 294 g/mol. The minimum absolute atomic E-state index is 0.0445. The van der Waals surface area contributed by atoms with Gasteiger partial charge in [0.1, 0.15) is 11.4 Å². The second-order valence-electron chi connectivity index (χ2n) is 7.44. The average molecular weight is 317 g/mol. The first-order valence-electron chi connectivity index (χ1n) is 8.28. The summed E-state index contributed by atoms with van der Waals surface area (Å²) >= 11 is 0. The lowest BCUT2D eigenvalue weighted by atomic mass is 9.86. The summed E-state index contributed by atoms with van der Waals surface area (Å²) in [5, 5.41) is 0. The third-order valence-corrected chi connectivity index (χ3v) is 5.15. The van der Waals surface area contributed by atoms with Gasteiger partial charge in [-0.1, -0.05) is 13.8 Å². The summed E-state index contributed by atoms with van der Waals surface area (Å²) in [4.78, 5) is 14.8. The highest BCUT2D eigenvalue weighted by Crippen LogP contribution is 2.39. The van der Waals surface area contributed by atoms with Gasteiger partial charge in [-0.15, -0.1) is 0 Å². The highest BCUT2D eigenvalue weighted by Gasteiger charge is 2.42. The van der Waals surface area contributed by atoms with Gasteiger partial charge in [-0.2, -0.15) is 0 Å². The van der Waals surface area contributed by atoms with Crippen LogP contribution in [-0.2, 0) is 14.9 Å². The molecule has 124 valence electrons. The van der Waals surface area contributed by atoms with E-state index in [1.165, 1.54) is 0 Å². The van der Waals surface area contributed by atoms with Crippen LogP contribution >= 0.6 is 0 Å². The number of hydrogen-bond acceptors (Lipinski definition) is 4. The van der Waals surface area contributed by atoms with E-state index in [0.717, 1.165) is 23.3 Å². The first-order valence-corrected chi connectivity index (χ1v) is 8.28. The number of ether oxygens (including phenoxy) is 3. The molecule has 1 amide bonds. The predicted octanol–water partition coefficient (Wildman–Crippen LogP) is 1.99. The summed E-state index contributed by atoms with van der Waals surface area (Å²) < 4.78 is 17.1. The Bertz CT molecular complexity index is 634. The minimum atomic E-state index is -0.299. The van der Waals surface area contributed by atoms with Crippen LogP contribution in [0.15, 0.2) is 18.2 Å². The van der Waals surface area contributed by atoms with Gasteiger partial charge in [0, 0.05) is 36.1 Å². The molecule has 0 aliphatic carbocycles. The molecule has 2 saturated heterocycles. The van der Waals surface area contributed by atoms with Crippen molar-refractivity contribution in [3.8, 4) is 5.75 Å². The van der Waals surface area contributed by atoms with E-state index in [9.17, 15) is 4.79 Å². The first-order chi connectivity index (χ1) is 11.0. The van der Waals surface area contributed by atoms with Crippen molar-refractivity contribution in [2.45, 2.75) is 31.3 Å². The van der Waals surface area contributed by atoms with Crippen molar-refractivity contribution in [2.75, 3.05) is 39.5 Å². The number of nitrogens with zero attached hydrogens (tertiary/aromatic N) is 1. The normalized spacial score (nSPS) is 28.7. The third kappa shape index (κ3) is 2.52. The van der Waals surface area contributed by atoms with Gasteiger partial charge >= 0.3 is 0 Å². The Labute approximate surface area is 136 Å². The van der Waals surface area contributed by atoms with Crippen LogP contribution in [0.1, 0.15) is 36.2 Å². The summed E-state index contributed by atoms with van der Waals surface area (Å²) in [7, 11) is 0. The van der Waals surface area contributed by atoms with Crippen molar-refractivity contribution >= 4 is 5.91 Å². The molecule has 5 nitrogen and oxygen atoms in total. The van der Waals surface area contributed by atoms with E-state index < -0.39 is 0 Å². The molecule has 2 fully saturated rings. The Balaban J connectivity index is 1.57. The summed E-state index contributed by atoms with van der Waals surface area (Å²) in [6.45, 7) is 8.08. The number of fused-ring (bicyclic) bond motifs is 1. The standard InChI is InChI=1S/C18H23NO4/c1-17(2)11-22-15-4-3-13(9-14(15)17)16(20)19-6-8-23-18(10-19)5-7-21-12-18/h3-4,9H,5-8,10-12H2,1-2H3. The highest BCUT2D eigenvalue weighted by molar-refractivity contribution is 5.95. The fraction of sp³-hybridized carbons (Fsp3) is 0.611. The van der Waals surface area contributed by atoms with Gasteiger partial charge in [-0.25, -0.2) is 0 Å². The van der Waals surface area contributed by atoms with Gasteiger partial charge in [0.25, 0.3) is 5.91 Å². The van der Waals surface area contributed by atoms with Crippen LogP contribution in [0.2, 0.25) is 0 Å². The fourth-order valence-electron chi connectivity index (χ4n) is 3.68. The Morgan fingerprint density at radius 3 is 2.87 bits per heavy atom. The molecule has 1 atom stereocenters. The molecule has 0 bridgehead atoms. The zero-order chi connectivity index (χ0) is 16.1. The van der Waals surface area contributed by atoms with Crippen LogP contribution in [-0.4, -0.2) is 55.9 Å². The summed E-state index contributed by atoms with van der Waals surface area (Å²) in [5.74, 6) is 0.972. The topological polar surface area (TPSA) is 48.0 Å². The molecule has 3 aliphatic heterocycles. The van der Waals surface area contributed by atoms with E-state index in [-0.39, 0.29) is 16.9 Å². The van der Waals surface area contributed by atoms with Crippen LogP contribution in [0, 0.1) is 0 Å². The maximum Gasteiger partial charge on any atom is 0.254 e. The molecule has 0 aromatic heterocycles. The molecule has 1 aromatic carbocycles. The van der Waals surface area contributed by atoms with Crippen LogP contribution in [0.25, 0.3) is 0 Å². The van der Waals surface area contributed by atoms with Crippen molar-refractivity contribution in [3.63, 3.8) is 0 Å². The van der Waals surface area contributed by atoms with Crippen molar-refractivity contribution in [1.82, 2.24) is 4.90 Å². The lowest BCUT2D eigenvalue weighted by molar-refractivity contribution is -0.0995. The van der Waals surface area contributed by atoms with Crippen molar-refractivity contribution < 1.29 is 19.0 Å². The number of benzene rings is 1. The molecule has 3 heterocycles. The second-order valence-corrected chi connectivity index (χ2v) is 7.44. The largest absolute Gasteiger partial charge is 0.492 e. The van der Waals surface area contributed by atoms with E-state index in [0.29, 0.717) is 39.5 Å². The summed E-state index contributed by atoms with van der Waals surface area (Å²) in [6.07, 6.45) is 0.863. The predicted molar refractivity (Wildman–Crippen MR) is 85.0 cm³/mol. The Morgan fingerprint density at radius 1 is 1.22 bits per heavy atom. The molecule has 1 aromatic rings. The Morgan fingerprint density at radius 2 is 2.09 bits per heavy atom. The van der Waals surface area contributed by atoms with E-state index in [4.69, 9.17) is 14.2 Å².